The standard InChI is InChI=1S/C14H25N/c1-4-5-13(3)10-14(11-15)8-6-12(2)7-9-14/h12-13H,4-10H2,1-3H3. The lowest BCUT2D eigenvalue weighted by atomic mass is 9.67. The van der Waals surface area contributed by atoms with E-state index in [4.69, 9.17) is 0 Å². The third-order valence-corrected chi connectivity index (χ3v) is 3.99. The van der Waals surface area contributed by atoms with Gasteiger partial charge in [0, 0.05) is 0 Å². The molecule has 0 amide bonds. The molecule has 1 heteroatoms. The predicted molar refractivity (Wildman–Crippen MR) is 64.4 cm³/mol. The molecule has 1 aliphatic carbocycles. The van der Waals surface area contributed by atoms with Gasteiger partial charge in [-0.1, -0.05) is 33.6 Å². The summed E-state index contributed by atoms with van der Waals surface area (Å²) in [7, 11) is 0. The van der Waals surface area contributed by atoms with Crippen molar-refractivity contribution in [1.29, 1.82) is 5.26 Å². The van der Waals surface area contributed by atoms with Crippen molar-refractivity contribution in [2.45, 2.75) is 65.7 Å². The molecular formula is C14H25N. The summed E-state index contributed by atoms with van der Waals surface area (Å²) in [6, 6.07) is 2.63. The molecule has 0 N–H and O–H groups in total. The number of hydrogen-bond acceptors (Lipinski definition) is 1. The third kappa shape index (κ3) is 3.52. The second-order valence-electron chi connectivity index (χ2n) is 5.67. The zero-order valence-electron chi connectivity index (χ0n) is 10.6. The van der Waals surface area contributed by atoms with E-state index in [0.717, 1.165) is 31.1 Å². The van der Waals surface area contributed by atoms with Crippen LogP contribution in [0, 0.1) is 28.6 Å². The Balaban J connectivity index is 2.51. The highest BCUT2D eigenvalue weighted by atomic mass is 14.4. The van der Waals surface area contributed by atoms with E-state index in [2.05, 4.69) is 26.8 Å². The van der Waals surface area contributed by atoms with Crippen LogP contribution in [0.15, 0.2) is 0 Å². The summed E-state index contributed by atoms with van der Waals surface area (Å²) in [4.78, 5) is 0. The quantitative estimate of drug-likeness (QED) is 0.664. The minimum atomic E-state index is 0.0289. The maximum Gasteiger partial charge on any atom is 0.0689 e. The molecule has 1 aliphatic rings. The maximum absolute atomic E-state index is 9.39. The van der Waals surface area contributed by atoms with Crippen LogP contribution in [0.5, 0.6) is 0 Å². The number of rotatable bonds is 4. The minimum absolute atomic E-state index is 0.0289. The molecular weight excluding hydrogens is 182 g/mol. The Kier molecular flexibility index (Phi) is 4.64. The smallest absolute Gasteiger partial charge is 0.0689 e. The molecule has 0 aromatic carbocycles. The first kappa shape index (κ1) is 12.6. The first-order chi connectivity index (χ1) is 7.12. The van der Waals surface area contributed by atoms with Crippen molar-refractivity contribution in [3.8, 4) is 6.07 Å². The van der Waals surface area contributed by atoms with Gasteiger partial charge in [-0.2, -0.15) is 5.26 Å². The minimum Gasteiger partial charge on any atom is -0.198 e. The van der Waals surface area contributed by atoms with E-state index in [1.807, 2.05) is 0 Å². The van der Waals surface area contributed by atoms with Crippen LogP contribution < -0.4 is 0 Å². The molecule has 1 unspecified atom stereocenters. The highest BCUT2D eigenvalue weighted by molar-refractivity contribution is 5.01. The third-order valence-electron chi connectivity index (χ3n) is 3.99. The van der Waals surface area contributed by atoms with Crippen molar-refractivity contribution < 1.29 is 0 Å². The lowest BCUT2D eigenvalue weighted by molar-refractivity contribution is 0.178. The van der Waals surface area contributed by atoms with Gasteiger partial charge < -0.3 is 0 Å². The monoisotopic (exact) mass is 207 g/mol. The lowest BCUT2D eigenvalue weighted by Gasteiger charge is -2.35. The zero-order valence-corrected chi connectivity index (χ0v) is 10.6. The Bertz CT molecular complexity index is 218. The van der Waals surface area contributed by atoms with Gasteiger partial charge in [0.2, 0.25) is 0 Å². The first-order valence-corrected chi connectivity index (χ1v) is 6.53. The maximum atomic E-state index is 9.39. The van der Waals surface area contributed by atoms with Gasteiger partial charge in [-0.3, -0.25) is 0 Å². The van der Waals surface area contributed by atoms with Gasteiger partial charge in [0.1, 0.15) is 0 Å². The fourth-order valence-corrected chi connectivity index (χ4v) is 2.94. The summed E-state index contributed by atoms with van der Waals surface area (Å²) in [6.45, 7) is 6.86. The summed E-state index contributed by atoms with van der Waals surface area (Å²) < 4.78 is 0. The van der Waals surface area contributed by atoms with Crippen molar-refractivity contribution in [3.63, 3.8) is 0 Å². The van der Waals surface area contributed by atoms with Crippen LogP contribution in [-0.2, 0) is 0 Å². The fraction of sp³-hybridized carbons (Fsp3) is 0.929. The molecule has 0 bridgehead atoms. The molecule has 86 valence electrons. The molecule has 0 aromatic heterocycles. The van der Waals surface area contributed by atoms with Crippen LogP contribution in [0.1, 0.15) is 65.7 Å². The Morgan fingerprint density at radius 1 is 1.40 bits per heavy atom. The second-order valence-corrected chi connectivity index (χ2v) is 5.67. The fourth-order valence-electron chi connectivity index (χ4n) is 2.94. The molecule has 1 saturated carbocycles. The molecule has 0 heterocycles. The Labute approximate surface area is 94.9 Å². The van der Waals surface area contributed by atoms with E-state index < -0.39 is 0 Å². The van der Waals surface area contributed by atoms with Crippen LogP contribution in [0.4, 0.5) is 0 Å². The van der Waals surface area contributed by atoms with Gasteiger partial charge in [-0.25, -0.2) is 0 Å². The van der Waals surface area contributed by atoms with Crippen LogP contribution in [-0.4, -0.2) is 0 Å². The van der Waals surface area contributed by atoms with E-state index in [1.165, 1.54) is 25.7 Å². The summed E-state index contributed by atoms with van der Waals surface area (Å²) in [5, 5.41) is 9.39. The number of nitriles is 1. The molecule has 1 nitrogen and oxygen atoms in total. The van der Waals surface area contributed by atoms with Crippen LogP contribution in [0.2, 0.25) is 0 Å². The summed E-state index contributed by atoms with van der Waals surface area (Å²) in [5.74, 6) is 1.57. The van der Waals surface area contributed by atoms with Crippen LogP contribution in [0.25, 0.3) is 0 Å². The molecule has 0 spiro atoms. The molecule has 0 saturated heterocycles. The van der Waals surface area contributed by atoms with E-state index >= 15 is 0 Å². The molecule has 0 aromatic rings. The van der Waals surface area contributed by atoms with Gasteiger partial charge in [-0.15, -0.1) is 0 Å². The average Bonchev–Trinajstić information content (AvgIpc) is 2.22. The Morgan fingerprint density at radius 2 is 2.00 bits per heavy atom. The molecule has 0 aliphatic heterocycles. The average molecular weight is 207 g/mol. The van der Waals surface area contributed by atoms with Gasteiger partial charge in [0.25, 0.3) is 0 Å². The van der Waals surface area contributed by atoms with Gasteiger partial charge >= 0.3 is 0 Å². The predicted octanol–water partition coefficient (Wildman–Crippen LogP) is 4.53. The molecule has 15 heavy (non-hydrogen) atoms. The largest absolute Gasteiger partial charge is 0.198 e. The van der Waals surface area contributed by atoms with Gasteiger partial charge in [-0.05, 0) is 43.9 Å². The lowest BCUT2D eigenvalue weighted by Crippen LogP contribution is -2.27. The molecule has 1 rings (SSSR count). The molecule has 0 radical (unpaired) electrons. The van der Waals surface area contributed by atoms with Crippen molar-refractivity contribution in [3.05, 3.63) is 0 Å². The highest BCUT2D eigenvalue weighted by Gasteiger charge is 2.35. The first-order valence-electron chi connectivity index (χ1n) is 6.53. The second kappa shape index (κ2) is 5.54. The molecule has 1 fully saturated rings. The summed E-state index contributed by atoms with van der Waals surface area (Å²) in [5.41, 5.74) is 0.0289. The number of nitrogens with zero attached hydrogens (tertiary/aromatic N) is 1. The van der Waals surface area contributed by atoms with Crippen molar-refractivity contribution in [2.75, 3.05) is 0 Å². The van der Waals surface area contributed by atoms with Gasteiger partial charge in [0.15, 0.2) is 0 Å². The number of hydrogen-bond donors (Lipinski definition) is 0. The van der Waals surface area contributed by atoms with Crippen molar-refractivity contribution >= 4 is 0 Å². The van der Waals surface area contributed by atoms with E-state index in [9.17, 15) is 5.26 Å². The van der Waals surface area contributed by atoms with E-state index in [-0.39, 0.29) is 5.41 Å². The van der Waals surface area contributed by atoms with Gasteiger partial charge in [0.05, 0.1) is 11.5 Å². The van der Waals surface area contributed by atoms with Crippen molar-refractivity contribution in [1.82, 2.24) is 0 Å². The van der Waals surface area contributed by atoms with E-state index in [0.29, 0.717) is 0 Å². The van der Waals surface area contributed by atoms with Crippen LogP contribution in [0.3, 0.4) is 0 Å². The molecule has 1 atom stereocenters. The highest BCUT2D eigenvalue weighted by Crippen LogP contribution is 2.43. The van der Waals surface area contributed by atoms with Crippen molar-refractivity contribution in [2.24, 2.45) is 17.3 Å². The van der Waals surface area contributed by atoms with Crippen LogP contribution >= 0.6 is 0 Å². The summed E-state index contributed by atoms with van der Waals surface area (Å²) >= 11 is 0. The SMILES string of the molecule is CCCC(C)CC1(C#N)CCC(C)CC1. The normalized spacial score (nSPS) is 33.3. The Hall–Kier alpha value is -0.510. The topological polar surface area (TPSA) is 23.8 Å². The zero-order chi connectivity index (χ0) is 11.3. The summed E-state index contributed by atoms with van der Waals surface area (Å²) in [6.07, 6.45) is 8.44. The van der Waals surface area contributed by atoms with E-state index in [1.54, 1.807) is 0 Å². The Morgan fingerprint density at radius 3 is 2.47 bits per heavy atom.